The zero-order valence-electron chi connectivity index (χ0n) is 23.6. The van der Waals surface area contributed by atoms with E-state index in [0.29, 0.717) is 38.5 Å². The highest BCUT2D eigenvalue weighted by molar-refractivity contribution is 7.21. The number of rotatable bonds is 13. The normalized spacial score (nSPS) is 10.8. The number of phenolic OH excluding ortho intramolecular Hbond substituents is 2. The number of carbonyl (C=O) groups excluding carboxylic acids is 1. The van der Waals surface area contributed by atoms with E-state index >= 15 is 0 Å². The maximum Gasteiger partial charge on any atom is 0.345 e. The van der Waals surface area contributed by atoms with E-state index in [-0.39, 0.29) is 32.2 Å². The van der Waals surface area contributed by atoms with E-state index in [0.717, 1.165) is 36.7 Å². The van der Waals surface area contributed by atoms with Crippen LogP contribution >= 0.6 is 22.7 Å². The van der Waals surface area contributed by atoms with Gasteiger partial charge in [-0.1, -0.05) is 39.0 Å². The van der Waals surface area contributed by atoms with Crippen molar-refractivity contribution in [1.82, 2.24) is 0 Å². The zero-order valence-corrected chi connectivity index (χ0v) is 25.2. The number of Topliss-reactive ketones (excluding diaryl/α,β-unsaturated/α-hetero) is 1. The first kappa shape index (κ1) is 33.0. The number of carboxylic acids is 1. The van der Waals surface area contributed by atoms with Crippen LogP contribution in [0, 0.1) is 20.2 Å². The largest absolute Gasteiger partial charge is 0.504 e. The Kier molecular flexibility index (Phi) is 11.2. The van der Waals surface area contributed by atoms with Crippen LogP contribution in [-0.2, 0) is 0 Å². The molecule has 0 unspecified atom stereocenters. The molecule has 0 amide bonds. The number of aromatic hydroxyl groups is 2. The minimum Gasteiger partial charge on any atom is -0.504 e. The molecule has 4 rings (SSSR count). The zero-order chi connectivity index (χ0) is 31.8. The topological polar surface area (TPSA) is 200 Å². The fourth-order valence-electron chi connectivity index (χ4n) is 4.38. The van der Waals surface area contributed by atoms with Crippen molar-refractivity contribution in [3.63, 3.8) is 0 Å². The summed E-state index contributed by atoms with van der Waals surface area (Å²) in [5.41, 5.74) is -0.831. The lowest BCUT2D eigenvalue weighted by atomic mass is 10.1. The van der Waals surface area contributed by atoms with E-state index in [1.54, 1.807) is 12.1 Å². The van der Waals surface area contributed by atoms with Crippen LogP contribution in [0.15, 0.2) is 24.3 Å². The summed E-state index contributed by atoms with van der Waals surface area (Å²) in [6.07, 6.45) is 7.15. The Bertz CT molecular complexity index is 1680. The SMILES string of the molecule is CCCCCCCCC(=O)c1cc2cc(OC)c(OC)c([N+](=O)[O-])c2s1.O=C(O)c1cc2cc(O)c(O)c([N+](=O)[O-])c2s1. The van der Waals surface area contributed by atoms with Crippen LogP contribution in [-0.4, -0.2) is 51.1 Å². The number of nitro benzene ring substituents is 2. The molecule has 0 saturated heterocycles. The summed E-state index contributed by atoms with van der Waals surface area (Å²) >= 11 is 1.83. The van der Waals surface area contributed by atoms with Gasteiger partial charge >= 0.3 is 17.3 Å². The summed E-state index contributed by atoms with van der Waals surface area (Å²) in [4.78, 5) is 44.6. The standard InChI is InChI=1S/C19H25NO5S.C9H5NO6S/c1-4-5-6-7-8-9-10-14(21)16-12-13-11-15(24-2)18(25-3)17(20(22)23)19(13)26-16;11-4-1-3-2-5(9(13)14)17-8(3)6(7(4)12)10(15)16/h11-12H,4-10H2,1-3H3;1-2,11-12H,(H,13,14). The molecular formula is C28H30N2O11S2. The number of nitrogens with zero attached hydrogens (tertiary/aromatic N) is 2. The smallest absolute Gasteiger partial charge is 0.345 e. The summed E-state index contributed by atoms with van der Waals surface area (Å²) in [5.74, 6) is -2.32. The maximum absolute atomic E-state index is 12.5. The van der Waals surface area contributed by atoms with Crippen molar-refractivity contribution in [3.8, 4) is 23.0 Å². The maximum atomic E-state index is 12.5. The monoisotopic (exact) mass is 634 g/mol. The Balaban J connectivity index is 0.000000257. The Labute approximate surface area is 253 Å². The van der Waals surface area contributed by atoms with Gasteiger partial charge in [-0.2, -0.15) is 0 Å². The van der Waals surface area contributed by atoms with Gasteiger partial charge in [-0.25, -0.2) is 4.79 Å². The van der Waals surface area contributed by atoms with Crippen LogP contribution in [0.2, 0.25) is 0 Å². The summed E-state index contributed by atoms with van der Waals surface area (Å²) in [6.45, 7) is 2.17. The van der Waals surface area contributed by atoms with Crippen molar-refractivity contribution in [2.24, 2.45) is 0 Å². The number of hydrogen-bond donors (Lipinski definition) is 3. The molecule has 13 nitrogen and oxygen atoms in total. The van der Waals surface area contributed by atoms with E-state index in [2.05, 4.69) is 6.92 Å². The molecule has 0 bridgehead atoms. The van der Waals surface area contributed by atoms with Crippen LogP contribution < -0.4 is 9.47 Å². The molecule has 0 aliphatic carbocycles. The number of aromatic carboxylic acids is 1. The Morgan fingerprint density at radius 2 is 1.37 bits per heavy atom. The van der Waals surface area contributed by atoms with Gasteiger partial charge in [-0.3, -0.25) is 25.0 Å². The summed E-state index contributed by atoms with van der Waals surface area (Å²) in [6, 6.07) is 5.68. The second kappa shape index (κ2) is 14.6. The lowest BCUT2D eigenvalue weighted by Gasteiger charge is -2.08. The molecule has 2 heterocycles. The lowest BCUT2D eigenvalue weighted by Crippen LogP contribution is -1.97. The van der Waals surface area contributed by atoms with Gasteiger partial charge in [0.05, 0.1) is 28.9 Å². The van der Waals surface area contributed by atoms with E-state index in [4.69, 9.17) is 14.6 Å². The van der Waals surface area contributed by atoms with Gasteiger partial charge in [0.25, 0.3) is 0 Å². The van der Waals surface area contributed by atoms with Crippen molar-refractivity contribution in [2.75, 3.05) is 14.2 Å². The summed E-state index contributed by atoms with van der Waals surface area (Å²) < 4.78 is 10.8. The van der Waals surface area contributed by atoms with E-state index < -0.39 is 33.0 Å². The van der Waals surface area contributed by atoms with Crippen LogP contribution in [0.25, 0.3) is 20.2 Å². The third-order valence-corrected chi connectivity index (χ3v) is 8.81. The van der Waals surface area contributed by atoms with Crippen molar-refractivity contribution in [3.05, 3.63) is 54.2 Å². The van der Waals surface area contributed by atoms with Crippen molar-refractivity contribution in [2.45, 2.75) is 51.9 Å². The molecule has 0 radical (unpaired) electrons. The first-order chi connectivity index (χ1) is 20.4. The number of unbranched alkanes of at least 4 members (excludes halogenated alkanes) is 5. The van der Waals surface area contributed by atoms with Crippen molar-refractivity contribution >= 4 is 66.0 Å². The van der Waals surface area contributed by atoms with E-state index in [9.17, 15) is 40.0 Å². The first-order valence-corrected chi connectivity index (χ1v) is 14.8. The van der Waals surface area contributed by atoms with Gasteiger partial charge in [0, 0.05) is 17.2 Å². The van der Waals surface area contributed by atoms with Crippen molar-refractivity contribution in [1.29, 1.82) is 0 Å². The molecule has 0 aliphatic heterocycles. The Morgan fingerprint density at radius 3 is 1.95 bits per heavy atom. The number of phenols is 2. The fourth-order valence-corrected chi connectivity index (χ4v) is 6.50. The number of ether oxygens (including phenoxy) is 2. The molecule has 3 N–H and O–H groups in total. The van der Waals surface area contributed by atoms with Gasteiger partial charge in [-0.05, 0) is 30.7 Å². The molecule has 0 spiro atoms. The number of fused-ring (bicyclic) bond motifs is 2. The minimum absolute atomic E-state index is 0.0164. The number of methoxy groups -OCH3 is 2. The second-order valence-corrected chi connectivity index (χ2v) is 11.5. The number of ketones is 1. The summed E-state index contributed by atoms with van der Waals surface area (Å²) in [7, 11) is 2.80. The van der Waals surface area contributed by atoms with Crippen LogP contribution in [0.5, 0.6) is 23.0 Å². The van der Waals surface area contributed by atoms with Gasteiger partial charge < -0.3 is 24.8 Å². The quantitative estimate of drug-likeness (QED) is 0.0428. The van der Waals surface area contributed by atoms with Gasteiger partial charge in [0.1, 0.15) is 14.3 Å². The Morgan fingerprint density at radius 1 is 0.814 bits per heavy atom. The molecule has 0 fully saturated rings. The fraction of sp³-hybridized carbons (Fsp3) is 0.357. The molecule has 0 aliphatic rings. The molecule has 2 aromatic heterocycles. The molecule has 0 saturated carbocycles. The number of carbonyl (C=O) groups is 2. The van der Waals surface area contributed by atoms with Crippen LogP contribution in [0.3, 0.4) is 0 Å². The predicted octanol–water partition coefficient (Wildman–Crippen LogP) is 7.68. The summed E-state index contributed by atoms with van der Waals surface area (Å²) in [5, 5.41) is 50.6. The number of hydrogen-bond acceptors (Lipinski definition) is 12. The second-order valence-electron chi connectivity index (χ2n) is 9.37. The number of carboxylic acid groups (broad SMARTS) is 1. The number of thiophene rings is 2. The molecular weight excluding hydrogens is 604 g/mol. The van der Waals surface area contributed by atoms with Crippen molar-refractivity contribution < 1.29 is 44.2 Å². The first-order valence-electron chi connectivity index (χ1n) is 13.2. The molecule has 43 heavy (non-hydrogen) atoms. The third-order valence-electron chi connectivity index (χ3n) is 6.47. The highest BCUT2D eigenvalue weighted by Gasteiger charge is 2.28. The van der Waals surface area contributed by atoms with Gasteiger partial charge in [0.15, 0.2) is 17.3 Å². The molecule has 4 aromatic rings. The molecule has 15 heteroatoms. The van der Waals surface area contributed by atoms with E-state index in [1.165, 1.54) is 39.5 Å². The van der Waals surface area contributed by atoms with Gasteiger partial charge in [0.2, 0.25) is 11.5 Å². The third kappa shape index (κ3) is 7.48. The molecule has 2 aromatic carbocycles. The average molecular weight is 635 g/mol. The highest BCUT2D eigenvalue weighted by Crippen LogP contribution is 2.47. The van der Waals surface area contributed by atoms with Crippen LogP contribution in [0.1, 0.15) is 71.2 Å². The highest BCUT2D eigenvalue weighted by atomic mass is 32.1. The lowest BCUT2D eigenvalue weighted by molar-refractivity contribution is -0.384. The predicted molar refractivity (Wildman–Crippen MR) is 163 cm³/mol. The van der Waals surface area contributed by atoms with Gasteiger partial charge in [-0.15, -0.1) is 22.7 Å². The number of benzene rings is 2. The Hall–Kier alpha value is -4.50. The minimum atomic E-state index is -1.22. The van der Waals surface area contributed by atoms with Crippen LogP contribution in [0.4, 0.5) is 11.4 Å². The number of nitro groups is 2. The average Bonchev–Trinajstić information content (AvgIpc) is 3.58. The molecule has 0 atom stereocenters. The molecule has 230 valence electrons. The van der Waals surface area contributed by atoms with E-state index in [1.807, 2.05) is 0 Å².